The third-order valence-electron chi connectivity index (χ3n) is 15.6. The Bertz CT molecular complexity index is 4850. The van der Waals surface area contributed by atoms with Gasteiger partial charge in [-0.15, -0.1) is 0 Å². The van der Waals surface area contributed by atoms with Gasteiger partial charge in [0.2, 0.25) is 0 Å². The normalized spacial score (nSPS) is 12.6. The molecule has 4 bridgehead atoms. The minimum absolute atomic E-state index is 0.0499. The monoisotopic (exact) mass is 1060 g/mol. The van der Waals surface area contributed by atoms with E-state index in [0.717, 1.165) is 0 Å². The molecule has 0 unspecified atom stereocenters. The number of halogens is 6. The molecule has 1 aliphatic rings. The number of alkyl halides is 6. The molecule has 1 aliphatic heterocycles. The van der Waals surface area contributed by atoms with Crippen LogP contribution in [0.25, 0.3) is 88.4 Å². The van der Waals surface area contributed by atoms with E-state index in [4.69, 9.17) is 0 Å². The number of hydrogen-bond acceptors (Lipinski definition) is 5. The molecule has 10 aromatic carbocycles. The standard InChI is InChI=1S/C68H33F6N7/c69-67(70,71)49-25-45(26-50(30-49)68(72,73)74)57-33-65-64(29-46(57)38-79)80-60-27-39(51-13-5-1-9-41(51)34-75)17-21-53(60)55-23-19-47(31-62(55)80)66(58-15-7-3-11-43(58)36-77,59-16-8-4-12-44(59)37-78)48-20-24-56-54-22-18-40(28-61(54)81(65)63(56)32-48)52-14-6-2-10-42(52)35-76/h1-33H. The first-order valence-corrected chi connectivity index (χ1v) is 25.2. The van der Waals surface area contributed by atoms with Gasteiger partial charge in [-0.3, -0.25) is 0 Å². The first-order valence-electron chi connectivity index (χ1n) is 25.2. The molecule has 0 N–H and O–H groups in total. The van der Waals surface area contributed by atoms with E-state index in [2.05, 4.69) is 30.3 Å². The second-order valence-electron chi connectivity index (χ2n) is 19.8. The molecular weight excluding hydrogens is 1030 g/mol. The second kappa shape index (κ2) is 18.2. The molecule has 0 saturated heterocycles. The molecule has 7 nitrogen and oxygen atoms in total. The van der Waals surface area contributed by atoms with Crippen molar-refractivity contribution in [1.82, 2.24) is 9.13 Å². The summed E-state index contributed by atoms with van der Waals surface area (Å²) in [6.45, 7) is 0. The molecule has 0 saturated carbocycles. The number of benzene rings is 10. The van der Waals surface area contributed by atoms with E-state index >= 15 is 0 Å². The molecular formula is C68H33F6N7. The average molecular weight is 1060 g/mol. The van der Waals surface area contributed by atoms with Gasteiger partial charge in [-0.05, 0) is 129 Å². The number of aromatic nitrogens is 2. The van der Waals surface area contributed by atoms with Crippen molar-refractivity contribution < 1.29 is 26.3 Å². The summed E-state index contributed by atoms with van der Waals surface area (Å²) < 4.78 is 92.6. The molecule has 2 aromatic heterocycles. The Hall–Kier alpha value is -11.2. The summed E-state index contributed by atoms with van der Waals surface area (Å²) >= 11 is 0. The summed E-state index contributed by atoms with van der Waals surface area (Å²) in [7, 11) is 0. The predicted octanol–water partition coefficient (Wildman–Crippen LogP) is 17.0. The Balaban J connectivity index is 1.30. The molecule has 13 heteroatoms. The van der Waals surface area contributed by atoms with E-state index in [0.29, 0.717) is 123 Å². The van der Waals surface area contributed by atoms with Crippen molar-refractivity contribution in [3.05, 3.63) is 261 Å². The SMILES string of the molecule is N#Cc1ccccc1-c1ccc2c3ccc4cc3n(c2c1)-c1cc(C#N)c(-c2cc(C(F)(F)F)cc(C(F)(F)F)c2)cc1-n1c2cc(-c3ccccc3C#N)ccc2c2ccc(cc21)C4(c1ccccc1C#N)c1ccccc1C#N. The quantitative estimate of drug-likeness (QED) is 0.159. The van der Waals surface area contributed by atoms with Crippen molar-refractivity contribution in [2.24, 2.45) is 0 Å². The van der Waals surface area contributed by atoms with Gasteiger partial charge >= 0.3 is 12.4 Å². The minimum atomic E-state index is -5.22. The summed E-state index contributed by atoms with van der Waals surface area (Å²) in [5.74, 6) is 0. The van der Waals surface area contributed by atoms with E-state index in [1.807, 2.05) is 118 Å². The first kappa shape index (κ1) is 49.4. The number of nitriles is 5. The van der Waals surface area contributed by atoms with Crippen LogP contribution in [0.3, 0.4) is 0 Å². The summed E-state index contributed by atoms with van der Waals surface area (Å²) in [6.07, 6.45) is -10.4. The van der Waals surface area contributed by atoms with Crippen LogP contribution in [-0.2, 0) is 17.8 Å². The zero-order valence-corrected chi connectivity index (χ0v) is 42.0. The van der Waals surface area contributed by atoms with Crippen molar-refractivity contribution in [1.29, 1.82) is 26.3 Å². The molecule has 382 valence electrons. The van der Waals surface area contributed by atoms with Crippen LogP contribution >= 0.6 is 0 Å². The van der Waals surface area contributed by atoms with E-state index in [9.17, 15) is 52.7 Å². The molecule has 12 aromatic rings. The Morgan fingerprint density at radius 2 is 0.691 bits per heavy atom. The lowest BCUT2D eigenvalue weighted by atomic mass is 9.63. The molecule has 0 amide bonds. The Morgan fingerprint density at radius 1 is 0.321 bits per heavy atom. The van der Waals surface area contributed by atoms with Gasteiger partial charge < -0.3 is 9.13 Å². The number of rotatable bonds is 5. The van der Waals surface area contributed by atoms with Gasteiger partial charge in [0.15, 0.2) is 0 Å². The van der Waals surface area contributed by atoms with Crippen LogP contribution in [0.2, 0.25) is 0 Å². The Kier molecular flexibility index (Phi) is 11.1. The largest absolute Gasteiger partial charge is 0.416 e. The minimum Gasteiger partial charge on any atom is -0.307 e. The molecule has 3 heterocycles. The van der Waals surface area contributed by atoms with Crippen molar-refractivity contribution in [3.8, 4) is 75.1 Å². The van der Waals surface area contributed by atoms with E-state index in [1.165, 1.54) is 12.1 Å². The van der Waals surface area contributed by atoms with Gasteiger partial charge in [0.25, 0.3) is 0 Å². The van der Waals surface area contributed by atoms with Gasteiger partial charge in [0.1, 0.15) is 0 Å². The number of hydrogen-bond donors (Lipinski definition) is 0. The van der Waals surface area contributed by atoms with Crippen molar-refractivity contribution in [2.75, 3.05) is 0 Å². The van der Waals surface area contributed by atoms with Crippen molar-refractivity contribution in [3.63, 3.8) is 0 Å². The third kappa shape index (κ3) is 7.47. The molecule has 0 radical (unpaired) electrons. The Labute approximate surface area is 457 Å². The zero-order valence-electron chi connectivity index (χ0n) is 42.0. The summed E-state index contributed by atoms with van der Waals surface area (Å²) in [5.41, 5.74) is 3.01. The Morgan fingerprint density at radius 3 is 1.11 bits per heavy atom. The number of fused-ring (bicyclic) bond motifs is 11. The maximum atomic E-state index is 14.8. The highest BCUT2D eigenvalue weighted by atomic mass is 19.4. The molecule has 13 rings (SSSR count). The topological polar surface area (TPSA) is 129 Å². The van der Waals surface area contributed by atoms with Gasteiger partial charge in [-0.25, -0.2) is 0 Å². The van der Waals surface area contributed by atoms with Gasteiger partial charge in [-0.2, -0.15) is 52.7 Å². The molecule has 0 spiro atoms. The fourth-order valence-corrected chi connectivity index (χ4v) is 12.1. The smallest absolute Gasteiger partial charge is 0.307 e. The second-order valence-corrected chi connectivity index (χ2v) is 19.8. The maximum Gasteiger partial charge on any atom is 0.416 e. The lowest BCUT2D eigenvalue weighted by molar-refractivity contribution is -0.143. The van der Waals surface area contributed by atoms with Crippen molar-refractivity contribution >= 4 is 43.6 Å². The lowest BCUT2D eigenvalue weighted by Gasteiger charge is -2.38. The van der Waals surface area contributed by atoms with Gasteiger partial charge in [-0.1, -0.05) is 121 Å². The summed E-state index contributed by atoms with van der Waals surface area (Å²) in [4.78, 5) is 0. The third-order valence-corrected chi connectivity index (χ3v) is 15.6. The first-order chi connectivity index (χ1) is 39.2. The summed E-state index contributed by atoms with van der Waals surface area (Å²) in [5, 5.41) is 56.9. The van der Waals surface area contributed by atoms with E-state index in [1.54, 1.807) is 60.7 Å². The highest BCUT2D eigenvalue weighted by molar-refractivity contribution is 6.14. The molecule has 0 atom stereocenters. The fraction of sp³-hybridized carbons (Fsp3) is 0.0441. The van der Waals surface area contributed by atoms with Crippen molar-refractivity contribution in [2.45, 2.75) is 17.8 Å². The van der Waals surface area contributed by atoms with Crippen LogP contribution in [0.15, 0.2) is 200 Å². The molecule has 0 fully saturated rings. The molecule has 0 aliphatic carbocycles. The predicted molar refractivity (Wildman–Crippen MR) is 297 cm³/mol. The number of nitrogens with zero attached hydrogens (tertiary/aromatic N) is 7. The van der Waals surface area contributed by atoms with Crippen LogP contribution in [-0.4, -0.2) is 9.13 Å². The molecule has 81 heavy (non-hydrogen) atoms. The average Bonchev–Trinajstić information content (AvgIpc) is 4.24. The zero-order chi connectivity index (χ0) is 56.1. The highest BCUT2D eigenvalue weighted by Crippen LogP contribution is 2.52. The van der Waals surface area contributed by atoms with Crippen LogP contribution in [0.4, 0.5) is 26.3 Å². The van der Waals surface area contributed by atoms with E-state index in [-0.39, 0.29) is 28.6 Å². The maximum absolute atomic E-state index is 14.8. The van der Waals surface area contributed by atoms with Crippen LogP contribution in [0.5, 0.6) is 0 Å². The lowest BCUT2D eigenvalue weighted by Crippen LogP contribution is -2.33. The van der Waals surface area contributed by atoms with Crippen LogP contribution in [0, 0.1) is 56.7 Å². The van der Waals surface area contributed by atoms with Gasteiger partial charge in [0, 0.05) is 27.1 Å². The van der Waals surface area contributed by atoms with Crippen LogP contribution in [0.1, 0.15) is 61.2 Å². The fourth-order valence-electron chi connectivity index (χ4n) is 12.1. The summed E-state index contributed by atoms with van der Waals surface area (Å²) in [6, 6.07) is 67.2. The van der Waals surface area contributed by atoms with E-state index < -0.39 is 34.5 Å². The van der Waals surface area contributed by atoms with Gasteiger partial charge in [0.05, 0.1) is 108 Å². The highest BCUT2D eigenvalue weighted by Gasteiger charge is 2.44. The van der Waals surface area contributed by atoms with Crippen LogP contribution < -0.4 is 0 Å².